The summed E-state index contributed by atoms with van der Waals surface area (Å²) in [7, 11) is 0. The van der Waals surface area contributed by atoms with E-state index in [1.54, 1.807) is 30.6 Å². The third kappa shape index (κ3) is 3.77. The molecular weight excluding hydrogens is 447 g/mol. The van der Waals surface area contributed by atoms with Crippen LogP contribution in [0.3, 0.4) is 0 Å². The van der Waals surface area contributed by atoms with Gasteiger partial charge in [0.15, 0.2) is 0 Å². The van der Waals surface area contributed by atoms with Crippen LogP contribution >= 0.6 is 34.8 Å². The van der Waals surface area contributed by atoms with Gasteiger partial charge in [-0.05, 0) is 29.8 Å². The number of nitrogens with zero attached hydrogens (tertiary/aromatic N) is 4. The van der Waals surface area contributed by atoms with Gasteiger partial charge in [-0.25, -0.2) is 4.98 Å². The normalized spacial score (nSPS) is 10.9. The van der Waals surface area contributed by atoms with Gasteiger partial charge in [0.25, 0.3) is 5.91 Å². The fourth-order valence-electron chi connectivity index (χ4n) is 3.21. The van der Waals surface area contributed by atoms with Gasteiger partial charge in [-0.1, -0.05) is 46.9 Å². The van der Waals surface area contributed by atoms with Crippen LogP contribution in [-0.4, -0.2) is 26.7 Å². The molecule has 3 aromatic heterocycles. The fourth-order valence-corrected chi connectivity index (χ4v) is 3.87. The Hall–Kier alpha value is -2.93. The number of pyridine rings is 2. The van der Waals surface area contributed by atoms with Crippen molar-refractivity contribution in [1.82, 2.24) is 14.5 Å². The van der Waals surface area contributed by atoms with Gasteiger partial charge in [0.2, 0.25) is 6.29 Å². The lowest BCUT2D eigenvalue weighted by Crippen LogP contribution is -2.27. The van der Waals surface area contributed by atoms with Crippen molar-refractivity contribution in [2.45, 2.75) is 6.54 Å². The Labute approximate surface area is 186 Å². The molecule has 0 saturated carbocycles. The van der Waals surface area contributed by atoms with E-state index in [1.165, 1.54) is 17.3 Å². The minimum Gasteiger partial charge on any atom is -0.326 e. The highest BCUT2D eigenvalue weighted by atomic mass is 35.5. The van der Waals surface area contributed by atoms with Crippen LogP contribution in [0.4, 0.5) is 11.4 Å². The van der Waals surface area contributed by atoms with E-state index >= 15 is 0 Å². The summed E-state index contributed by atoms with van der Waals surface area (Å²) in [4.78, 5) is 33.6. The lowest BCUT2D eigenvalue weighted by atomic mass is 10.2. The number of carbonyl (C=O) groups excluding carboxylic acids is 2. The molecule has 4 rings (SSSR count). The van der Waals surface area contributed by atoms with Crippen LogP contribution < -0.4 is 4.90 Å². The SMILES string of the molecule is O=CC(=O)N(c1c(Cl)cncc1Cl)c1cn(Cc2ccc(Cl)cc2)c2ncccc12. The molecule has 150 valence electrons. The predicted octanol–water partition coefficient (Wildman–Crippen LogP) is 5.30. The van der Waals surface area contributed by atoms with E-state index in [0.29, 0.717) is 28.3 Å². The Balaban J connectivity index is 1.91. The van der Waals surface area contributed by atoms with Gasteiger partial charge in [-0.2, -0.15) is 0 Å². The molecule has 0 N–H and O–H groups in total. The van der Waals surface area contributed by atoms with Crippen LogP contribution in [0.15, 0.2) is 61.2 Å². The molecule has 1 amide bonds. The summed E-state index contributed by atoms with van der Waals surface area (Å²) < 4.78 is 1.88. The van der Waals surface area contributed by atoms with Gasteiger partial charge < -0.3 is 4.57 Å². The summed E-state index contributed by atoms with van der Waals surface area (Å²) in [6, 6.07) is 11.0. The van der Waals surface area contributed by atoms with E-state index in [4.69, 9.17) is 34.8 Å². The summed E-state index contributed by atoms with van der Waals surface area (Å²) in [6.07, 6.45) is 6.33. The van der Waals surface area contributed by atoms with Gasteiger partial charge in [0.1, 0.15) is 5.65 Å². The Bertz CT molecular complexity index is 1230. The molecule has 0 saturated heterocycles. The monoisotopic (exact) mass is 458 g/mol. The third-order valence-electron chi connectivity index (χ3n) is 4.49. The number of aldehydes is 1. The summed E-state index contributed by atoms with van der Waals surface area (Å²) >= 11 is 18.5. The Morgan fingerprint density at radius 1 is 1.07 bits per heavy atom. The van der Waals surface area contributed by atoms with Gasteiger partial charge >= 0.3 is 0 Å². The molecule has 30 heavy (non-hydrogen) atoms. The van der Waals surface area contributed by atoms with Crippen LogP contribution in [0.25, 0.3) is 11.0 Å². The first kappa shape index (κ1) is 20.3. The molecule has 6 nitrogen and oxygen atoms in total. The Kier molecular flexibility index (Phi) is 5.72. The molecule has 0 spiro atoms. The number of hydrogen-bond donors (Lipinski definition) is 0. The van der Waals surface area contributed by atoms with Gasteiger partial charge in [-0.15, -0.1) is 0 Å². The molecule has 0 fully saturated rings. The maximum absolute atomic E-state index is 12.6. The van der Waals surface area contributed by atoms with Crippen molar-refractivity contribution in [3.63, 3.8) is 0 Å². The second-order valence-electron chi connectivity index (χ2n) is 6.39. The number of fused-ring (bicyclic) bond motifs is 1. The number of aromatic nitrogens is 3. The van der Waals surface area contributed by atoms with Crippen LogP contribution in [0.1, 0.15) is 5.56 Å². The van der Waals surface area contributed by atoms with Crippen LogP contribution in [0, 0.1) is 0 Å². The highest BCUT2D eigenvalue weighted by Gasteiger charge is 2.26. The molecule has 3 heterocycles. The highest BCUT2D eigenvalue weighted by Crippen LogP contribution is 2.40. The summed E-state index contributed by atoms with van der Waals surface area (Å²) in [5, 5.41) is 1.57. The van der Waals surface area contributed by atoms with E-state index in [2.05, 4.69) is 9.97 Å². The Morgan fingerprint density at radius 2 is 1.77 bits per heavy atom. The molecule has 9 heteroatoms. The summed E-state index contributed by atoms with van der Waals surface area (Å²) in [5.74, 6) is -0.820. The second-order valence-corrected chi connectivity index (χ2v) is 7.64. The number of carbonyl (C=O) groups is 2. The molecule has 0 bridgehead atoms. The molecule has 0 aliphatic heterocycles. The third-order valence-corrected chi connectivity index (χ3v) is 5.30. The van der Waals surface area contributed by atoms with Gasteiger partial charge in [0.05, 0.1) is 21.4 Å². The number of rotatable bonds is 5. The average Bonchev–Trinajstić information content (AvgIpc) is 3.10. The van der Waals surface area contributed by atoms with Crippen molar-refractivity contribution in [3.8, 4) is 0 Å². The highest BCUT2D eigenvalue weighted by molar-refractivity contribution is 6.43. The first-order chi connectivity index (χ1) is 14.5. The molecular formula is C21H13Cl3N4O2. The van der Waals surface area contributed by atoms with Crippen molar-refractivity contribution in [3.05, 3.63) is 81.8 Å². The van der Waals surface area contributed by atoms with E-state index in [9.17, 15) is 9.59 Å². The first-order valence-corrected chi connectivity index (χ1v) is 9.89. The number of hydrogen-bond acceptors (Lipinski definition) is 4. The predicted molar refractivity (Wildman–Crippen MR) is 118 cm³/mol. The first-order valence-electron chi connectivity index (χ1n) is 8.76. The molecule has 0 unspecified atom stereocenters. The van der Waals surface area contributed by atoms with E-state index in [1.807, 2.05) is 22.8 Å². The number of amides is 1. The largest absolute Gasteiger partial charge is 0.326 e. The molecule has 0 atom stereocenters. The summed E-state index contributed by atoms with van der Waals surface area (Å²) in [5.41, 5.74) is 2.23. The molecule has 0 aliphatic rings. The lowest BCUT2D eigenvalue weighted by molar-refractivity contribution is -0.129. The summed E-state index contributed by atoms with van der Waals surface area (Å²) in [6.45, 7) is 0.478. The zero-order valence-electron chi connectivity index (χ0n) is 15.3. The Morgan fingerprint density at radius 3 is 2.43 bits per heavy atom. The van der Waals surface area contributed by atoms with Crippen molar-refractivity contribution >= 4 is 69.4 Å². The minimum absolute atomic E-state index is 0.139. The molecule has 0 radical (unpaired) electrons. The maximum atomic E-state index is 12.6. The maximum Gasteiger partial charge on any atom is 0.295 e. The zero-order chi connectivity index (χ0) is 21.3. The second kappa shape index (κ2) is 8.44. The van der Waals surface area contributed by atoms with Crippen molar-refractivity contribution in [1.29, 1.82) is 0 Å². The molecule has 4 aromatic rings. The zero-order valence-corrected chi connectivity index (χ0v) is 17.6. The van der Waals surface area contributed by atoms with E-state index < -0.39 is 5.91 Å². The van der Waals surface area contributed by atoms with Crippen LogP contribution in [0.2, 0.25) is 15.1 Å². The number of anilines is 2. The van der Waals surface area contributed by atoms with Crippen molar-refractivity contribution in [2.75, 3.05) is 4.90 Å². The van der Waals surface area contributed by atoms with Gasteiger partial charge in [-0.3, -0.25) is 19.5 Å². The fraction of sp³-hybridized carbons (Fsp3) is 0.0476. The topological polar surface area (TPSA) is 68.1 Å². The van der Waals surface area contributed by atoms with E-state index in [0.717, 1.165) is 5.56 Å². The molecule has 1 aromatic carbocycles. The quantitative estimate of drug-likeness (QED) is 0.300. The number of benzene rings is 1. The smallest absolute Gasteiger partial charge is 0.295 e. The lowest BCUT2D eigenvalue weighted by Gasteiger charge is -2.21. The van der Waals surface area contributed by atoms with E-state index in [-0.39, 0.29) is 22.0 Å². The van der Waals surface area contributed by atoms with Crippen LogP contribution in [0.5, 0.6) is 0 Å². The van der Waals surface area contributed by atoms with Gasteiger partial charge in [0, 0.05) is 41.7 Å². The van der Waals surface area contributed by atoms with Crippen LogP contribution in [-0.2, 0) is 16.1 Å². The number of halogens is 3. The van der Waals surface area contributed by atoms with Crippen molar-refractivity contribution in [2.24, 2.45) is 0 Å². The average molecular weight is 460 g/mol. The van der Waals surface area contributed by atoms with Crippen molar-refractivity contribution < 1.29 is 9.59 Å². The molecule has 0 aliphatic carbocycles. The minimum atomic E-state index is -0.820. The standard InChI is InChI=1S/C21H13Cl3N4O2/c22-14-5-3-13(4-6-14)10-27-11-18(15-2-1-7-26-21(15)27)28(19(30)12-29)20-16(23)8-25-9-17(20)24/h1-9,11-12H,10H2.